The van der Waals surface area contributed by atoms with E-state index in [0.717, 1.165) is 31.7 Å². The van der Waals surface area contributed by atoms with Crippen molar-refractivity contribution < 1.29 is 27.8 Å². The molecular formula is C31H48F2N4O4S. The van der Waals surface area contributed by atoms with Crippen LogP contribution < -0.4 is 20.3 Å². The van der Waals surface area contributed by atoms with Gasteiger partial charge in [0.1, 0.15) is 11.6 Å². The molecule has 1 unspecified atom stereocenters. The fraction of sp³-hybridized carbons (Fsp3) is 0.581. The van der Waals surface area contributed by atoms with E-state index in [-0.39, 0.29) is 30.3 Å². The number of anilines is 2. The third kappa shape index (κ3) is 10.4. The van der Waals surface area contributed by atoms with E-state index in [4.69, 9.17) is 0 Å². The summed E-state index contributed by atoms with van der Waals surface area (Å²) < 4.78 is 50.9. The summed E-state index contributed by atoms with van der Waals surface area (Å²) >= 11 is 0. The summed E-state index contributed by atoms with van der Waals surface area (Å²) in [5.41, 5.74) is 1.73. The van der Waals surface area contributed by atoms with Crippen molar-refractivity contribution in [3.8, 4) is 0 Å². The molecule has 236 valence electrons. The van der Waals surface area contributed by atoms with Crippen LogP contribution in [0.5, 0.6) is 0 Å². The van der Waals surface area contributed by atoms with Gasteiger partial charge in [-0.2, -0.15) is 0 Å². The molecule has 3 rings (SSSR count). The minimum absolute atomic E-state index is 0.0113. The van der Waals surface area contributed by atoms with Crippen LogP contribution in [0.2, 0.25) is 0 Å². The quantitative estimate of drug-likeness (QED) is 0.143. The second-order valence-corrected chi connectivity index (χ2v) is 13.8. The molecule has 1 aliphatic rings. The monoisotopic (exact) mass is 610 g/mol. The summed E-state index contributed by atoms with van der Waals surface area (Å²) in [6.07, 6.45) is 3.58. The summed E-state index contributed by atoms with van der Waals surface area (Å²) in [4.78, 5) is 13.6. The molecule has 1 aliphatic heterocycles. The molecule has 3 atom stereocenters. The van der Waals surface area contributed by atoms with Gasteiger partial charge in [-0.05, 0) is 81.3 Å². The lowest BCUT2D eigenvalue weighted by Crippen LogP contribution is -2.49. The lowest BCUT2D eigenvalue weighted by Gasteiger charge is -2.47. The van der Waals surface area contributed by atoms with Gasteiger partial charge in [-0.25, -0.2) is 8.78 Å². The molecule has 0 aromatic heterocycles. The molecule has 42 heavy (non-hydrogen) atoms. The van der Waals surface area contributed by atoms with Crippen molar-refractivity contribution in [1.29, 1.82) is 0 Å². The average molecular weight is 611 g/mol. The minimum Gasteiger partial charge on any atom is -0.390 e. The normalized spacial score (nSPS) is 17.9. The molecule has 6 N–H and O–H groups in total. The first-order valence-electron chi connectivity index (χ1n) is 15.0. The number of nitrogens with one attached hydrogen (secondary N) is 3. The Balaban J connectivity index is 1.83. The van der Waals surface area contributed by atoms with Crippen LogP contribution in [0.4, 0.5) is 20.2 Å². The number of halogens is 2. The smallest absolute Gasteiger partial charge is 0.251 e. The standard InChI is InChI=1S/C31H48F2N4O4S/c1-5-34-27-16-24(17-28(19-27)37-11-6-7-12-42(37,40)41)31(39)36-29(15-23-13-25(32)18-26(33)14-23)30(38)20-35-22(4)10-8-9-21(2)3/h13-14,16-19,21-22,29-30,34-35,38,40-41H,5-12,15,20H2,1-4H3,(H,36,39)/t22?,29-,30-/m0/s1. The van der Waals surface area contributed by atoms with E-state index >= 15 is 0 Å². The lowest BCUT2D eigenvalue weighted by atomic mass is 9.99. The molecule has 1 saturated heterocycles. The van der Waals surface area contributed by atoms with Crippen molar-refractivity contribution in [1.82, 2.24) is 10.6 Å². The number of hydrogen-bond donors (Lipinski definition) is 6. The molecule has 0 saturated carbocycles. The van der Waals surface area contributed by atoms with E-state index in [1.54, 1.807) is 22.5 Å². The number of rotatable bonds is 15. The highest BCUT2D eigenvalue weighted by Crippen LogP contribution is 2.50. The number of aliphatic hydroxyl groups is 1. The summed E-state index contributed by atoms with van der Waals surface area (Å²) in [6.45, 7) is 9.55. The van der Waals surface area contributed by atoms with Gasteiger partial charge in [-0.3, -0.25) is 18.2 Å². The highest BCUT2D eigenvalue weighted by Gasteiger charge is 2.29. The van der Waals surface area contributed by atoms with Gasteiger partial charge in [0.05, 0.1) is 23.6 Å². The third-order valence-electron chi connectivity index (χ3n) is 7.48. The van der Waals surface area contributed by atoms with E-state index in [9.17, 15) is 27.8 Å². The lowest BCUT2D eigenvalue weighted by molar-refractivity contribution is 0.0825. The topological polar surface area (TPSA) is 117 Å². The van der Waals surface area contributed by atoms with Crippen LogP contribution in [0.1, 0.15) is 75.7 Å². The van der Waals surface area contributed by atoms with Crippen LogP contribution in [0.25, 0.3) is 0 Å². The van der Waals surface area contributed by atoms with Gasteiger partial charge in [0, 0.05) is 43.0 Å². The summed E-state index contributed by atoms with van der Waals surface area (Å²) in [5.74, 6) is -1.07. The van der Waals surface area contributed by atoms with Crippen molar-refractivity contribution >= 4 is 28.1 Å². The molecule has 0 spiro atoms. The highest BCUT2D eigenvalue weighted by molar-refractivity contribution is 8.25. The SMILES string of the molecule is CCNc1cc(C(=O)N[C@@H](Cc2cc(F)cc(F)c2)[C@@H](O)CNC(C)CCCC(C)C)cc(N2CCCCS2(O)O)c1. The number of nitrogens with zero attached hydrogens (tertiary/aromatic N) is 1. The second-order valence-electron chi connectivity index (χ2n) is 11.7. The fourth-order valence-corrected chi connectivity index (χ4v) is 6.89. The first kappa shape index (κ1) is 34.1. The molecule has 0 aliphatic carbocycles. The Morgan fingerprint density at radius 1 is 1.02 bits per heavy atom. The number of carbonyl (C=O) groups is 1. The van der Waals surface area contributed by atoms with Gasteiger partial charge in [0.25, 0.3) is 5.91 Å². The maximum absolute atomic E-state index is 14.0. The zero-order valence-electron chi connectivity index (χ0n) is 25.2. The van der Waals surface area contributed by atoms with E-state index < -0.39 is 40.5 Å². The predicted octanol–water partition coefficient (Wildman–Crippen LogP) is 6.17. The minimum atomic E-state index is -3.01. The van der Waals surface area contributed by atoms with Crippen LogP contribution in [0.3, 0.4) is 0 Å². The molecular weight excluding hydrogens is 562 g/mol. The van der Waals surface area contributed by atoms with Gasteiger partial charge in [-0.15, -0.1) is 10.8 Å². The maximum Gasteiger partial charge on any atom is 0.251 e. The molecule has 1 fully saturated rings. The van der Waals surface area contributed by atoms with Crippen molar-refractivity contribution in [3.05, 3.63) is 59.2 Å². The van der Waals surface area contributed by atoms with Gasteiger partial charge in [0.2, 0.25) is 0 Å². The first-order valence-corrected chi connectivity index (χ1v) is 16.6. The number of amides is 1. The summed E-state index contributed by atoms with van der Waals surface area (Å²) in [7, 11) is -3.01. The highest BCUT2D eigenvalue weighted by atomic mass is 32.3. The van der Waals surface area contributed by atoms with E-state index in [1.165, 1.54) is 12.1 Å². The molecule has 0 radical (unpaired) electrons. The van der Waals surface area contributed by atoms with Crippen molar-refractivity contribution in [2.45, 2.75) is 84.4 Å². The van der Waals surface area contributed by atoms with Crippen LogP contribution >= 0.6 is 10.8 Å². The Bertz CT molecular complexity index is 1150. The number of aliphatic hydroxyl groups excluding tert-OH is 1. The Morgan fingerprint density at radius 2 is 1.74 bits per heavy atom. The van der Waals surface area contributed by atoms with Crippen LogP contribution in [-0.2, 0) is 6.42 Å². The number of carbonyl (C=O) groups excluding carboxylic acids is 1. The molecule has 1 heterocycles. The van der Waals surface area contributed by atoms with Gasteiger partial charge in [-0.1, -0.05) is 26.7 Å². The summed E-state index contributed by atoms with van der Waals surface area (Å²) in [5, 5.41) is 20.6. The van der Waals surface area contributed by atoms with Crippen molar-refractivity contribution in [3.63, 3.8) is 0 Å². The van der Waals surface area contributed by atoms with Gasteiger partial charge >= 0.3 is 0 Å². The fourth-order valence-electron chi connectivity index (χ4n) is 5.21. The first-order chi connectivity index (χ1) is 19.9. The van der Waals surface area contributed by atoms with Gasteiger partial charge < -0.3 is 21.1 Å². The molecule has 1 amide bonds. The molecule has 2 aromatic rings. The van der Waals surface area contributed by atoms with E-state index in [0.29, 0.717) is 42.4 Å². The average Bonchev–Trinajstić information content (AvgIpc) is 2.90. The van der Waals surface area contributed by atoms with Gasteiger partial charge in [0.15, 0.2) is 0 Å². The Labute approximate surface area is 250 Å². The molecule has 11 heteroatoms. The zero-order valence-corrected chi connectivity index (χ0v) is 26.0. The molecule has 8 nitrogen and oxygen atoms in total. The van der Waals surface area contributed by atoms with Crippen LogP contribution in [0, 0.1) is 17.6 Å². The van der Waals surface area contributed by atoms with E-state index in [1.807, 2.05) is 13.8 Å². The predicted molar refractivity (Wildman–Crippen MR) is 168 cm³/mol. The van der Waals surface area contributed by atoms with Crippen LogP contribution in [-0.4, -0.2) is 63.7 Å². The maximum atomic E-state index is 14.0. The molecule has 0 bridgehead atoms. The van der Waals surface area contributed by atoms with E-state index in [2.05, 4.69) is 29.8 Å². The zero-order chi connectivity index (χ0) is 30.9. The largest absolute Gasteiger partial charge is 0.390 e. The number of hydrogen-bond acceptors (Lipinski definition) is 7. The second kappa shape index (κ2) is 15.9. The Morgan fingerprint density at radius 3 is 2.38 bits per heavy atom. The third-order valence-corrected chi connectivity index (χ3v) is 9.42. The summed E-state index contributed by atoms with van der Waals surface area (Å²) in [6, 6.07) is 7.53. The Hall–Kier alpha value is -2.44. The molecule has 2 aromatic carbocycles. The van der Waals surface area contributed by atoms with Crippen LogP contribution in [0.15, 0.2) is 36.4 Å². The van der Waals surface area contributed by atoms with Crippen molar-refractivity contribution in [2.75, 3.05) is 35.0 Å². The number of benzene rings is 2. The Kier molecular flexibility index (Phi) is 12.9. The van der Waals surface area contributed by atoms with Crippen molar-refractivity contribution in [2.24, 2.45) is 5.92 Å².